The molecule has 1 N–H and O–H groups in total. The van der Waals surface area contributed by atoms with Gasteiger partial charge in [-0.3, -0.25) is 0 Å². The Morgan fingerprint density at radius 3 is 2.62 bits per heavy atom. The maximum absolute atomic E-state index is 13.5. The number of halogens is 3. The van der Waals surface area contributed by atoms with Gasteiger partial charge in [-0.2, -0.15) is 0 Å². The van der Waals surface area contributed by atoms with Crippen molar-refractivity contribution in [1.29, 1.82) is 0 Å². The highest BCUT2D eigenvalue weighted by Crippen LogP contribution is 2.28. The Morgan fingerprint density at radius 2 is 1.95 bits per heavy atom. The number of nitrogens with one attached hydrogen (secondary N) is 1. The van der Waals surface area contributed by atoms with E-state index in [2.05, 4.69) is 17.3 Å². The molecule has 1 atom stereocenters. The predicted octanol–water partition coefficient (Wildman–Crippen LogP) is 4.52. The van der Waals surface area contributed by atoms with Gasteiger partial charge in [0.05, 0.1) is 5.02 Å². The van der Waals surface area contributed by atoms with Gasteiger partial charge >= 0.3 is 0 Å². The number of likely N-dealkylation sites (tertiary alicyclic amines) is 1. The summed E-state index contributed by atoms with van der Waals surface area (Å²) in [7, 11) is 2.17. The fourth-order valence-corrected chi connectivity index (χ4v) is 3.38. The molecule has 1 aliphatic heterocycles. The second kappa shape index (κ2) is 7.77. The molecule has 1 unspecified atom stereocenters. The van der Waals surface area contributed by atoms with E-state index in [-0.39, 0.29) is 11.1 Å². The van der Waals surface area contributed by atoms with Gasteiger partial charge in [0.15, 0.2) is 0 Å². The molecule has 1 heterocycles. The molecular weight excluding hydrogens is 310 g/mol. The van der Waals surface area contributed by atoms with Crippen molar-refractivity contribution in [2.45, 2.75) is 32.2 Å². The van der Waals surface area contributed by atoms with Crippen LogP contribution in [-0.2, 0) is 0 Å². The molecule has 0 aliphatic carbocycles. The van der Waals surface area contributed by atoms with E-state index in [1.165, 1.54) is 38.1 Å². The van der Waals surface area contributed by atoms with Crippen molar-refractivity contribution in [1.82, 2.24) is 10.2 Å². The molecule has 0 spiro atoms. The van der Waals surface area contributed by atoms with Crippen LogP contribution in [0.3, 0.4) is 0 Å². The van der Waals surface area contributed by atoms with Gasteiger partial charge in [-0.1, -0.05) is 23.2 Å². The van der Waals surface area contributed by atoms with Gasteiger partial charge < -0.3 is 10.2 Å². The van der Waals surface area contributed by atoms with E-state index in [4.69, 9.17) is 23.2 Å². The summed E-state index contributed by atoms with van der Waals surface area (Å²) in [4.78, 5) is 2.38. The summed E-state index contributed by atoms with van der Waals surface area (Å²) in [6, 6.07) is 2.93. The lowest BCUT2D eigenvalue weighted by Gasteiger charge is -2.29. The molecule has 0 bridgehead atoms. The van der Waals surface area contributed by atoms with Crippen molar-refractivity contribution in [3.63, 3.8) is 0 Å². The van der Waals surface area contributed by atoms with E-state index < -0.39 is 5.82 Å². The maximum atomic E-state index is 13.5. The van der Waals surface area contributed by atoms with E-state index in [9.17, 15) is 4.39 Å². The molecule has 5 heteroatoms. The van der Waals surface area contributed by atoms with Crippen molar-refractivity contribution in [2.75, 3.05) is 26.7 Å². The molecule has 0 amide bonds. The van der Waals surface area contributed by atoms with Crippen LogP contribution < -0.4 is 5.32 Å². The molecule has 1 saturated heterocycles. The van der Waals surface area contributed by atoms with Gasteiger partial charge in [-0.25, -0.2) is 4.39 Å². The van der Waals surface area contributed by atoms with Crippen LogP contribution in [0.15, 0.2) is 12.1 Å². The van der Waals surface area contributed by atoms with Gasteiger partial charge in [0.2, 0.25) is 0 Å². The van der Waals surface area contributed by atoms with Crippen LogP contribution in [-0.4, -0.2) is 31.6 Å². The van der Waals surface area contributed by atoms with Gasteiger partial charge in [-0.15, -0.1) is 0 Å². The van der Waals surface area contributed by atoms with Crippen LogP contribution in [0.5, 0.6) is 0 Å². The van der Waals surface area contributed by atoms with Crippen LogP contribution in [0.4, 0.5) is 4.39 Å². The average Bonchev–Trinajstić information content (AvgIpc) is 2.45. The SMILES string of the molecule is CC(NCCC1CCN(C)CC1)c1cc(F)c(Cl)cc1Cl. The number of benzene rings is 1. The zero-order valence-corrected chi connectivity index (χ0v) is 14.1. The lowest BCUT2D eigenvalue weighted by atomic mass is 9.93. The monoisotopic (exact) mass is 332 g/mol. The second-order valence-electron chi connectivity index (χ2n) is 6.00. The van der Waals surface area contributed by atoms with E-state index >= 15 is 0 Å². The zero-order valence-electron chi connectivity index (χ0n) is 12.6. The summed E-state index contributed by atoms with van der Waals surface area (Å²) in [5, 5.41) is 4.02. The minimum Gasteiger partial charge on any atom is -0.310 e. The lowest BCUT2D eigenvalue weighted by molar-refractivity contribution is 0.211. The Labute approximate surface area is 136 Å². The van der Waals surface area contributed by atoms with Gasteiger partial charge in [-0.05, 0) is 76.5 Å². The van der Waals surface area contributed by atoms with Gasteiger partial charge in [0, 0.05) is 11.1 Å². The lowest BCUT2D eigenvalue weighted by Crippen LogP contribution is -2.32. The van der Waals surface area contributed by atoms with E-state index in [0.29, 0.717) is 5.02 Å². The fraction of sp³-hybridized carbons (Fsp3) is 0.625. The summed E-state index contributed by atoms with van der Waals surface area (Å²) in [5.74, 6) is 0.373. The third-order valence-electron chi connectivity index (χ3n) is 4.35. The summed E-state index contributed by atoms with van der Waals surface area (Å²) in [6.45, 7) is 5.31. The summed E-state index contributed by atoms with van der Waals surface area (Å²) >= 11 is 11.9. The summed E-state index contributed by atoms with van der Waals surface area (Å²) < 4.78 is 13.5. The molecule has 1 fully saturated rings. The third-order valence-corrected chi connectivity index (χ3v) is 4.96. The highest BCUT2D eigenvalue weighted by molar-refractivity contribution is 6.35. The zero-order chi connectivity index (χ0) is 15.4. The van der Waals surface area contributed by atoms with Crippen LogP contribution in [0, 0.1) is 11.7 Å². The quantitative estimate of drug-likeness (QED) is 0.797. The van der Waals surface area contributed by atoms with Crippen molar-refractivity contribution in [2.24, 2.45) is 5.92 Å². The first-order valence-electron chi connectivity index (χ1n) is 7.53. The van der Waals surface area contributed by atoms with Crippen LogP contribution >= 0.6 is 23.2 Å². The average molecular weight is 333 g/mol. The third kappa shape index (κ3) is 4.82. The fourth-order valence-electron chi connectivity index (χ4n) is 2.83. The number of hydrogen-bond donors (Lipinski definition) is 1. The number of nitrogens with zero attached hydrogens (tertiary/aromatic N) is 1. The predicted molar refractivity (Wildman–Crippen MR) is 87.7 cm³/mol. The molecule has 2 nitrogen and oxygen atoms in total. The normalized spacial score (nSPS) is 18.9. The Bertz CT molecular complexity index is 474. The van der Waals surface area contributed by atoms with Crippen molar-refractivity contribution >= 4 is 23.2 Å². The topological polar surface area (TPSA) is 15.3 Å². The number of hydrogen-bond acceptors (Lipinski definition) is 2. The Kier molecular flexibility index (Phi) is 6.30. The van der Waals surface area contributed by atoms with Gasteiger partial charge in [0.25, 0.3) is 0 Å². The second-order valence-corrected chi connectivity index (χ2v) is 6.81. The Balaban J connectivity index is 1.82. The molecule has 1 aromatic rings. The highest BCUT2D eigenvalue weighted by atomic mass is 35.5. The molecule has 2 rings (SSSR count). The Morgan fingerprint density at radius 1 is 1.29 bits per heavy atom. The molecule has 0 radical (unpaired) electrons. The first kappa shape index (κ1) is 17.0. The first-order chi connectivity index (χ1) is 9.97. The smallest absolute Gasteiger partial charge is 0.142 e. The molecule has 0 aromatic heterocycles. The minimum absolute atomic E-state index is 0.0236. The van der Waals surface area contributed by atoms with E-state index in [1.54, 1.807) is 0 Å². The van der Waals surface area contributed by atoms with Crippen molar-refractivity contribution in [3.8, 4) is 0 Å². The summed E-state index contributed by atoms with van der Waals surface area (Å²) in [5.41, 5.74) is 0.766. The standard InChI is InChI=1S/C16H23Cl2FN2/c1-11(13-9-16(19)15(18)10-14(13)17)20-6-3-12-4-7-21(2)8-5-12/h9-12,20H,3-8H2,1-2H3. The molecule has 118 valence electrons. The van der Waals surface area contributed by atoms with E-state index in [0.717, 1.165) is 24.4 Å². The van der Waals surface area contributed by atoms with Gasteiger partial charge in [0.1, 0.15) is 5.82 Å². The van der Waals surface area contributed by atoms with Crippen LogP contribution in [0.1, 0.15) is 37.8 Å². The van der Waals surface area contributed by atoms with E-state index in [1.807, 2.05) is 6.92 Å². The molecule has 21 heavy (non-hydrogen) atoms. The van der Waals surface area contributed by atoms with Crippen molar-refractivity contribution in [3.05, 3.63) is 33.6 Å². The minimum atomic E-state index is -0.417. The number of piperidine rings is 1. The maximum Gasteiger partial charge on any atom is 0.142 e. The highest BCUT2D eigenvalue weighted by Gasteiger charge is 2.17. The molecule has 1 aromatic carbocycles. The van der Waals surface area contributed by atoms with Crippen LogP contribution in [0.2, 0.25) is 10.0 Å². The van der Waals surface area contributed by atoms with Crippen LogP contribution in [0.25, 0.3) is 0 Å². The summed E-state index contributed by atoms with van der Waals surface area (Å²) in [6.07, 6.45) is 3.69. The molecular formula is C16H23Cl2FN2. The molecule has 0 saturated carbocycles. The largest absolute Gasteiger partial charge is 0.310 e. The Hall–Kier alpha value is -0.350. The molecule has 1 aliphatic rings. The first-order valence-corrected chi connectivity index (χ1v) is 8.29. The van der Waals surface area contributed by atoms with Crippen molar-refractivity contribution < 1.29 is 4.39 Å². The number of rotatable bonds is 5.